The summed E-state index contributed by atoms with van der Waals surface area (Å²) >= 11 is 7.37. The van der Waals surface area contributed by atoms with Gasteiger partial charge in [-0.05, 0) is 24.1 Å². The summed E-state index contributed by atoms with van der Waals surface area (Å²) in [6.07, 6.45) is 1.55. The van der Waals surface area contributed by atoms with E-state index < -0.39 is 0 Å². The van der Waals surface area contributed by atoms with Crippen LogP contribution in [0.25, 0.3) is 11.2 Å². The molecule has 0 spiro atoms. The fourth-order valence-electron chi connectivity index (χ4n) is 3.31. The van der Waals surface area contributed by atoms with Crippen LogP contribution in [0.1, 0.15) is 12.5 Å². The molecule has 1 atom stereocenters. The minimum absolute atomic E-state index is 0.117. The van der Waals surface area contributed by atoms with E-state index in [9.17, 15) is 4.79 Å². The van der Waals surface area contributed by atoms with Crippen molar-refractivity contribution in [3.05, 3.63) is 47.5 Å². The highest BCUT2D eigenvalue weighted by Gasteiger charge is 2.26. The monoisotopic (exact) mass is 416 g/mol. The Morgan fingerprint density at radius 2 is 1.96 bits per heavy atom. The molecule has 0 radical (unpaired) electrons. The van der Waals surface area contributed by atoms with Crippen LogP contribution in [-0.4, -0.2) is 67.1 Å². The number of thioether (sulfide) groups is 1. The number of carbonyl (C=O) groups is 1. The number of hydrogen-bond acceptors (Lipinski definition) is 6. The molecule has 1 saturated heterocycles. The number of piperazine rings is 1. The summed E-state index contributed by atoms with van der Waals surface area (Å²) in [6, 6.07) is 10.4. The number of carbonyl (C=O) groups excluding carboxylic acids is 1. The van der Waals surface area contributed by atoms with Gasteiger partial charge >= 0.3 is 0 Å². The van der Waals surface area contributed by atoms with E-state index in [-0.39, 0.29) is 16.4 Å². The van der Waals surface area contributed by atoms with Gasteiger partial charge in [-0.15, -0.1) is 0 Å². The van der Waals surface area contributed by atoms with Crippen molar-refractivity contribution in [1.82, 2.24) is 29.7 Å². The highest BCUT2D eigenvalue weighted by Crippen LogP contribution is 2.29. The van der Waals surface area contributed by atoms with Crippen molar-refractivity contribution in [2.75, 3.05) is 26.2 Å². The molecule has 1 fully saturated rings. The quantitative estimate of drug-likeness (QED) is 0.391. The van der Waals surface area contributed by atoms with Crippen molar-refractivity contribution in [3.8, 4) is 0 Å². The Morgan fingerprint density at radius 3 is 2.71 bits per heavy atom. The smallest absolute Gasteiger partial charge is 0.235 e. The summed E-state index contributed by atoms with van der Waals surface area (Å²) in [5.41, 5.74) is 2.52. The average Bonchev–Trinajstić information content (AvgIpc) is 3.17. The maximum Gasteiger partial charge on any atom is 0.235 e. The van der Waals surface area contributed by atoms with Crippen molar-refractivity contribution < 1.29 is 4.79 Å². The molecule has 146 valence electrons. The maximum absolute atomic E-state index is 12.9. The number of fused-ring (bicyclic) bond motifs is 1. The first kappa shape index (κ1) is 19.2. The average molecular weight is 417 g/mol. The molecule has 1 amide bonds. The number of H-pyrrole nitrogens is 1. The van der Waals surface area contributed by atoms with Gasteiger partial charge in [-0.25, -0.2) is 9.97 Å². The lowest BCUT2D eigenvalue weighted by atomic mass is 10.2. The first-order valence-corrected chi connectivity index (χ1v) is 10.4. The van der Waals surface area contributed by atoms with Gasteiger partial charge in [0.15, 0.2) is 5.65 Å². The van der Waals surface area contributed by atoms with Gasteiger partial charge in [0.1, 0.15) is 10.5 Å². The van der Waals surface area contributed by atoms with E-state index >= 15 is 0 Å². The van der Waals surface area contributed by atoms with Crippen LogP contribution in [0.5, 0.6) is 0 Å². The molecule has 1 aliphatic rings. The van der Waals surface area contributed by atoms with Gasteiger partial charge in [-0.2, -0.15) is 4.98 Å². The molecule has 0 saturated carbocycles. The number of halogens is 1. The van der Waals surface area contributed by atoms with Crippen LogP contribution in [0.4, 0.5) is 0 Å². The van der Waals surface area contributed by atoms with Crippen molar-refractivity contribution in [2.24, 2.45) is 0 Å². The van der Waals surface area contributed by atoms with Gasteiger partial charge in [0.2, 0.25) is 11.2 Å². The van der Waals surface area contributed by atoms with Gasteiger partial charge in [0, 0.05) is 32.7 Å². The van der Waals surface area contributed by atoms with E-state index in [1.807, 2.05) is 17.9 Å². The molecule has 3 aromatic rings. The van der Waals surface area contributed by atoms with Crippen LogP contribution in [0.15, 0.2) is 41.7 Å². The third-order valence-electron chi connectivity index (χ3n) is 4.79. The van der Waals surface area contributed by atoms with Crippen molar-refractivity contribution in [1.29, 1.82) is 0 Å². The van der Waals surface area contributed by atoms with Crippen LogP contribution >= 0.6 is 23.4 Å². The number of amides is 1. The van der Waals surface area contributed by atoms with E-state index in [0.29, 0.717) is 16.2 Å². The van der Waals surface area contributed by atoms with Crippen molar-refractivity contribution >= 4 is 40.4 Å². The number of nitrogens with zero attached hydrogens (tertiary/aromatic N) is 5. The van der Waals surface area contributed by atoms with Crippen LogP contribution < -0.4 is 0 Å². The number of hydrogen-bond donors (Lipinski definition) is 1. The Labute approximate surface area is 172 Å². The summed E-state index contributed by atoms with van der Waals surface area (Å²) < 4.78 is 0. The minimum Gasteiger partial charge on any atom is -0.341 e. The molecular formula is C19H21ClN6OS. The SMILES string of the molecule is C[C@H](Sc1nc(Cl)nc2nc[nH]c12)C(=O)N1CCN(Cc2ccccc2)CC1. The van der Waals surface area contributed by atoms with E-state index in [0.717, 1.165) is 32.7 Å². The number of benzene rings is 1. The summed E-state index contributed by atoms with van der Waals surface area (Å²) in [5.74, 6) is 0.117. The molecule has 0 aliphatic carbocycles. The summed E-state index contributed by atoms with van der Waals surface area (Å²) in [4.78, 5) is 32.7. The molecule has 9 heteroatoms. The minimum atomic E-state index is -0.266. The molecule has 0 unspecified atom stereocenters. The molecule has 0 bridgehead atoms. The third kappa shape index (κ3) is 4.29. The van der Waals surface area contributed by atoms with E-state index in [1.54, 1.807) is 6.33 Å². The highest BCUT2D eigenvalue weighted by molar-refractivity contribution is 8.00. The van der Waals surface area contributed by atoms with Gasteiger partial charge in [0.05, 0.1) is 11.6 Å². The summed E-state index contributed by atoms with van der Waals surface area (Å²) in [5, 5.41) is 0.519. The topological polar surface area (TPSA) is 78.0 Å². The second-order valence-electron chi connectivity index (χ2n) is 6.75. The molecule has 1 aliphatic heterocycles. The molecule has 2 aromatic heterocycles. The molecule has 4 rings (SSSR count). The molecule has 7 nitrogen and oxygen atoms in total. The van der Waals surface area contributed by atoms with Crippen molar-refractivity contribution in [2.45, 2.75) is 23.7 Å². The predicted octanol–water partition coefficient (Wildman–Crippen LogP) is 2.83. The lowest BCUT2D eigenvalue weighted by molar-refractivity contribution is -0.132. The Bertz CT molecular complexity index is 957. The van der Waals surface area contributed by atoms with Gasteiger partial charge in [-0.3, -0.25) is 9.69 Å². The Hall–Kier alpha value is -2.16. The molecule has 28 heavy (non-hydrogen) atoms. The number of imidazole rings is 1. The standard InChI is InChI=1S/C19H21ClN6OS/c1-13(28-17-15-16(22-12-21-15)23-19(20)24-17)18(27)26-9-7-25(8-10-26)11-14-5-3-2-4-6-14/h2-6,12-13H,7-11H2,1H3,(H,21,22,23,24)/t13-/m0/s1. The predicted molar refractivity (Wildman–Crippen MR) is 110 cm³/mol. The largest absolute Gasteiger partial charge is 0.341 e. The zero-order valence-corrected chi connectivity index (χ0v) is 17.1. The first-order valence-electron chi connectivity index (χ1n) is 9.18. The lowest BCUT2D eigenvalue weighted by Crippen LogP contribution is -2.50. The maximum atomic E-state index is 12.9. The zero-order chi connectivity index (χ0) is 19.5. The van der Waals surface area contributed by atoms with Gasteiger partial charge in [0.25, 0.3) is 0 Å². The summed E-state index contributed by atoms with van der Waals surface area (Å²) in [6.45, 7) is 6.05. The third-order valence-corrected chi connectivity index (χ3v) is 6.04. The molecule has 1 N–H and O–H groups in total. The second-order valence-corrected chi connectivity index (χ2v) is 8.41. The van der Waals surface area contributed by atoms with Crippen molar-refractivity contribution in [3.63, 3.8) is 0 Å². The Morgan fingerprint density at radius 1 is 1.21 bits per heavy atom. The second kappa shape index (κ2) is 8.46. The fourth-order valence-corrected chi connectivity index (χ4v) is 4.52. The Balaban J connectivity index is 1.35. The molecular weight excluding hydrogens is 396 g/mol. The Kier molecular flexibility index (Phi) is 5.79. The zero-order valence-electron chi connectivity index (χ0n) is 15.5. The highest BCUT2D eigenvalue weighted by atomic mass is 35.5. The lowest BCUT2D eigenvalue weighted by Gasteiger charge is -2.35. The number of aromatic nitrogens is 4. The number of aromatic amines is 1. The van der Waals surface area contributed by atoms with Gasteiger partial charge in [-0.1, -0.05) is 42.1 Å². The number of nitrogens with one attached hydrogen (secondary N) is 1. The fraction of sp³-hybridized carbons (Fsp3) is 0.368. The molecule has 1 aromatic carbocycles. The van der Waals surface area contributed by atoms with E-state index in [1.165, 1.54) is 17.3 Å². The normalized spacial score (nSPS) is 16.4. The summed E-state index contributed by atoms with van der Waals surface area (Å²) in [7, 11) is 0. The van der Waals surface area contributed by atoms with Crippen LogP contribution in [0, 0.1) is 0 Å². The molecule has 3 heterocycles. The van der Waals surface area contributed by atoms with Crippen LogP contribution in [-0.2, 0) is 11.3 Å². The van der Waals surface area contributed by atoms with E-state index in [4.69, 9.17) is 11.6 Å². The van der Waals surface area contributed by atoms with Crippen LogP contribution in [0.2, 0.25) is 5.28 Å². The van der Waals surface area contributed by atoms with Gasteiger partial charge < -0.3 is 9.88 Å². The van der Waals surface area contributed by atoms with Crippen LogP contribution in [0.3, 0.4) is 0 Å². The van der Waals surface area contributed by atoms with E-state index in [2.05, 4.69) is 49.1 Å². The number of rotatable bonds is 5. The first-order chi connectivity index (χ1) is 13.6.